The summed E-state index contributed by atoms with van der Waals surface area (Å²) < 4.78 is 9.66. The van der Waals surface area contributed by atoms with Gasteiger partial charge in [-0.05, 0) is 36.7 Å². The zero-order chi connectivity index (χ0) is 22.7. The largest absolute Gasteiger partial charge is 0.410 e. The van der Waals surface area contributed by atoms with E-state index >= 15 is 0 Å². The second kappa shape index (κ2) is 7.34. The number of rotatable bonds is 4. The summed E-state index contributed by atoms with van der Waals surface area (Å²) in [6.07, 6.45) is 0.753. The van der Waals surface area contributed by atoms with Crippen molar-refractivity contribution in [1.29, 1.82) is 0 Å². The van der Waals surface area contributed by atoms with Gasteiger partial charge in [0.25, 0.3) is 0 Å². The summed E-state index contributed by atoms with van der Waals surface area (Å²) in [6.45, 7) is 12.8. The van der Waals surface area contributed by atoms with Crippen molar-refractivity contribution in [1.82, 2.24) is 14.5 Å². The second-order valence-corrected chi connectivity index (χ2v) is 15.0. The predicted molar refractivity (Wildman–Crippen MR) is 123 cm³/mol. The maximum absolute atomic E-state index is 13.1. The fourth-order valence-corrected chi connectivity index (χ4v) is 5.54. The average Bonchev–Trinajstić information content (AvgIpc) is 2.88. The van der Waals surface area contributed by atoms with Crippen molar-refractivity contribution >= 4 is 36.9 Å². The van der Waals surface area contributed by atoms with Gasteiger partial charge in [0.1, 0.15) is 6.04 Å². The Morgan fingerprint density at radius 2 is 1.81 bits per heavy atom. The van der Waals surface area contributed by atoms with Gasteiger partial charge in [-0.3, -0.25) is 24.0 Å². The number of benzene rings is 1. The maximum atomic E-state index is 13.1. The van der Waals surface area contributed by atoms with Gasteiger partial charge in [-0.25, -0.2) is 4.79 Å². The van der Waals surface area contributed by atoms with Crippen LogP contribution in [0.2, 0.25) is 18.1 Å². The molecule has 2 aliphatic rings. The molecule has 9 heteroatoms. The number of nitrogens with zero attached hydrogens (tertiary/aromatic N) is 3. The van der Waals surface area contributed by atoms with Gasteiger partial charge in [0.15, 0.2) is 8.32 Å². The minimum atomic E-state index is -1.83. The molecule has 2 aliphatic heterocycles. The highest BCUT2D eigenvalue weighted by Gasteiger charge is 2.42. The second-order valence-electron chi connectivity index (χ2n) is 10.2. The zero-order valence-corrected chi connectivity index (χ0v) is 20.2. The number of hydrogen-bond donors (Lipinski definition) is 1. The van der Waals surface area contributed by atoms with E-state index in [9.17, 15) is 14.4 Å². The van der Waals surface area contributed by atoms with Crippen LogP contribution in [0.15, 0.2) is 23.0 Å². The van der Waals surface area contributed by atoms with Gasteiger partial charge < -0.3 is 9.33 Å². The molecule has 168 valence electrons. The van der Waals surface area contributed by atoms with Crippen molar-refractivity contribution in [2.75, 3.05) is 18.0 Å². The molecule has 1 atom stereocenters. The molecule has 8 nitrogen and oxygen atoms in total. The van der Waals surface area contributed by atoms with Crippen molar-refractivity contribution in [3.8, 4) is 0 Å². The molecule has 31 heavy (non-hydrogen) atoms. The van der Waals surface area contributed by atoms with E-state index in [0.29, 0.717) is 11.9 Å². The molecule has 0 radical (unpaired) electrons. The van der Waals surface area contributed by atoms with E-state index in [1.165, 1.54) is 4.57 Å². The summed E-state index contributed by atoms with van der Waals surface area (Å²) in [6, 6.07) is 5.13. The SMILES string of the molecule is Cn1c(=O)n([C@@H]2CCC(=O)NC2=O)c2cccc(N3CC(O[Si](C)(C)C(C)(C)C)C3)c21. The van der Waals surface area contributed by atoms with Gasteiger partial charge >= 0.3 is 5.69 Å². The number of carbonyl (C=O) groups excluding carboxylic acids is 2. The first-order valence-electron chi connectivity index (χ1n) is 10.9. The van der Waals surface area contributed by atoms with Crippen molar-refractivity contribution < 1.29 is 14.0 Å². The fourth-order valence-electron chi connectivity index (χ4n) is 4.21. The Morgan fingerprint density at radius 3 is 2.42 bits per heavy atom. The van der Waals surface area contributed by atoms with E-state index in [-0.39, 0.29) is 29.2 Å². The van der Waals surface area contributed by atoms with Crippen LogP contribution in [0.1, 0.15) is 39.7 Å². The Morgan fingerprint density at radius 1 is 1.13 bits per heavy atom. The van der Waals surface area contributed by atoms with Crippen molar-refractivity contribution in [2.45, 2.75) is 63.9 Å². The van der Waals surface area contributed by atoms with E-state index in [1.54, 1.807) is 11.6 Å². The fraction of sp³-hybridized carbons (Fsp3) is 0.591. The lowest BCUT2D eigenvalue weighted by molar-refractivity contribution is -0.135. The summed E-state index contributed by atoms with van der Waals surface area (Å²) in [7, 11) is -0.0955. The van der Waals surface area contributed by atoms with Crippen molar-refractivity contribution in [2.24, 2.45) is 7.05 Å². The minimum Gasteiger partial charge on any atom is -0.410 e. The number of aromatic nitrogens is 2. The highest BCUT2D eigenvalue weighted by atomic mass is 28.4. The third kappa shape index (κ3) is 3.63. The van der Waals surface area contributed by atoms with Gasteiger partial charge in [0, 0.05) is 26.6 Å². The van der Waals surface area contributed by atoms with Crippen LogP contribution < -0.4 is 15.9 Å². The van der Waals surface area contributed by atoms with E-state index in [2.05, 4.69) is 44.1 Å². The molecule has 2 amide bonds. The topological polar surface area (TPSA) is 85.6 Å². The molecule has 3 heterocycles. The molecule has 0 spiro atoms. The van der Waals surface area contributed by atoms with Crippen LogP contribution in [0.3, 0.4) is 0 Å². The molecule has 4 rings (SSSR count). The van der Waals surface area contributed by atoms with Crippen LogP contribution in [0.4, 0.5) is 5.69 Å². The third-order valence-electron chi connectivity index (χ3n) is 7.06. The summed E-state index contributed by atoms with van der Waals surface area (Å²) >= 11 is 0. The zero-order valence-electron chi connectivity index (χ0n) is 19.2. The molecule has 0 aliphatic carbocycles. The summed E-state index contributed by atoms with van der Waals surface area (Å²) in [4.78, 5) is 39.3. The standard InChI is InChI=1S/C22H32N4O4Si/c1-22(2,3)31(5,6)30-14-12-25(13-14)15-8-7-9-16-19(15)24(4)21(29)26(16)17-10-11-18(27)23-20(17)28/h7-9,14,17H,10-13H2,1-6H3,(H,23,27,28)/t17-/m1/s1. The Kier molecular flexibility index (Phi) is 5.17. The molecular weight excluding hydrogens is 412 g/mol. The Bertz CT molecular complexity index is 1110. The number of piperidine rings is 1. The Balaban J connectivity index is 1.63. The first-order chi connectivity index (χ1) is 14.4. The lowest BCUT2D eigenvalue weighted by Crippen LogP contribution is -2.58. The number of nitrogens with one attached hydrogen (secondary N) is 1. The number of carbonyl (C=O) groups is 2. The molecule has 2 saturated heterocycles. The van der Waals surface area contributed by atoms with Crippen LogP contribution >= 0.6 is 0 Å². The quantitative estimate of drug-likeness (QED) is 0.579. The van der Waals surface area contributed by atoms with Gasteiger partial charge in [-0.15, -0.1) is 0 Å². The van der Waals surface area contributed by atoms with Crippen LogP contribution in [0.25, 0.3) is 11.0 Å². The lowest BCUT2D eigenvalue weighted by atomic mass is 10.1. The van der Waals surface area contributed by atoms with Crippen LogP contribution in [0.5, 0.6) is 0 Å². The van der Waals surface area contributed by atoms with Crippen LogP contribution in [0, 0.1) is 0 Å². The number of anilines is 1. The molecule has 1 aromatic carbocycles. The number of amides is 2. The number of hydrogen-bond acceptors (Lipinski definition) is 5. The van der Waals surface area contributed by atoms with E-state index < -0.39 is 20.3 Å². The van der Waals surface area contributed by atoms with E-state index in [0.717, 1.165) is 24.3 Å². The molecule has 1 N–H and O–H groups in total. The van der Waals surface area contributed by atoms with Gasteiger partial charge in [-0.2, -0.15) is 0 Å². The number of fused-ring (bicyclic) bond motifs is 1. The molecule has 0 saturated carbocycles. The smallest absolute Gasteiger partial charge is 0.329 e. The van der Waals surface area contributed by atoms with Gasteiger partial charge in [0.05, 0.1) is 22.8 Å². The number of aryl methyl sites for hydroxylation is 1. The van der Waals surface area contributed by atoms with Crippen LogP contribution in [-0.4, -0.2) is 48.5 Å². The highest BCUT2D eigenvalue weighted by Crippen LogP contribution is 2.39. The summed E-state index contributed by atoms with van der Waals surface area (Å²) in [5, 5.41) is 2.52. The molecule has 1 aromatic heterocycles. The first-order valence-corrected chi connectivity index (χ1v) is 13.8. The summed E-state index contributed by atoms with van der Waals surface area (Å²) in [5.41, 5.74) is 2.25. The van der Waals surface area contributed by atoms with E-state index in [4.69, 9.17) is 4.43 Å². The predicted octanol–water partition coefficient (Wildman–Crippen LogP) is 2.53. The molecular formula is C22H32N4O4Si. The average molecular weight is 445 g/mol. The number of imide groups is 1. The molecule has 2 aromatic rings. The molecule has 0 bridgehead atoms. The van der Waals surface area contributed by atoms with E-state index in [1.807, 2.05) is 18.2 Å². The highest BCUT2D eigenvalue weighted by molar-refractivity contribution is 6.74. The van der Waals surface area contributed by atoms with Gasteiger partial charge in [-0.1, -0.05) is 26.8 Å². The summed E-state index contributed by atoms with van der Waals surface area (Å²) in [5.74, 6) is -0.702. The minimum absolute atomic E-state index is 0.163. The van der Waals surface area contributed by atoms with Gasteiger partial charge in [0.2, 0.25) is 11.8 Å². The lowest BCUT2D eigenvalue weighted by Gasteiger charge is -2.47. The Labute approximate surface area is 183 Å². The number of imidazole rings is 1. The van der Waals surface area contributed by atoms with Crippen molar-refractivity contribution in [3.63, 3.8) is 0 Å². The first kappa shape index (κ1) is 21.8. The monoisotopic (exact) mass is 444 g/mol. The van der Waals surface area contributed by atoms with Crippen LogP contribution in [-0.2, 0) is 21.1 Å². The third-order valence-corrected chi connectivity index (χ3v) is 11.6. The molecule has 0 unspecified atom stereocenters. The maximum Gasteiger partial charge on any atom is 0.329 e. The molecule has 2 fully saturated rings. The Hall–Kier alpha value is -2.39. The number of para-hydroxylation sites is 1. The normalized spacial score (nSPS) is 20.8. The van der Waals surface area contributed by atoms with Crippen molar-refractivity contribution in [3.05, 3.63) is 28.7 Å².